The summed E-state index contributed by atoms with van der Waals surface area (Å²) in [6.07, 6.45) is 3.49. The van der Waals surface area contributed by atoms with E-state index in [1.807, 2.05) is 19.1 Å². The Hall–Kier alpha value is -2.31. The highest BCUT2D eigenvalue weighted by Crippen LogP contribution is 2.39. The molecule has 6 heteroatoms. The number of nitrogens with one attached hydrogen (secondary N) is 1. The Balaban J connectivity index is 1.63. The Morgan fingerprint density at radius 2 is 1.86 bits per heavy atom. The van der Waals surface area contributed by atoms with Crippen molar-refractivity contribution in [3.63, 3.8) is 0 Å². The normalized spacial score (nSPS) is 17.4. The molecular formula is C23H28N2O3S. The summed E-state index contributed by atoms with van der Waals surface area (Å²) in [6, 6.07) is 14.8. The minimum Gasteiger partial charge on any atom is -0.494 e. The van der Waals surface area contributed by atoms with E-state index in [4.69, 9.17) is 4.74 Å². The lowest BCUT2D eigenvalue weighted by molar-refractivity contribution is 0.296. The predicted molar refractivity (Wildman–Crippen MR) is 116 cm³/mol. The number of benzene rings is 2. The molecule has 29 heavy (non-hydrogen) atoms. The van der Waals surface area contributed by atoms with Crippen LogP contribution in [0.5, 0.6) is 5.75 Å². The predicted octanol–water partition coefficient (Wildman–Crippen LogP) is 5.04. The molecular weight excluding hydrogens is 384 g/mol. The zero-order valence-corrected chi connectivity index (χ0v) is 17.8. The maximum atomic E-state index is 13.4. The van der Waals surface area contributed by atoms with Gasteiger partial charge in [-0.2, -0.15) is 4.31 Å². The van der Waals surface area contributed by atoms with Gasteiger partial charge < -0.3 is 9.72 Å². The summed E-state index contributed by atoms with van der Waals surface area (Å²) in [4.78, 5) is 3.80. The number of rotatable bonds is 7. The molecule has 0 saturated carbocycles. The van der Waals surface area contributed by atoms with E-state index in [1.165, 1.54) is 10.9 Å². The van der Waals surface area contributed by atoms with Gasteiger partial charge in [0, 0.05) is 23.1 Å². The summed E-state index contributed by atoms with van der Waals surface area (Å²) in [6.45, 7) is 5.29. The molecule has 0 aliphatic carbocycles. The second kappa shape index (κ2) is 8.20. The second-order valence-corrected chi connectivity index (χ2v) is 9.42. The fraction of sp³-hybridized carbons (Fsp3) is 0.391. The van der Waals surface area contributed by atoms with Gasteiger partial charge in [-0.3, -0.25) is 0 Å². The highest BCUT2D eigenvalue weighted by atomic mass is 32.2. The first-order valence-electron chi connectivity index (χ1n) is 10.4. The van der Waals surface area contributed by atoms with Crippen LogP contribution in [0.25, 0.3) is 10.9 Å². The number of nitrogens with zero attached hydrogens (tertiary/aromatic N) is 1. The molecule has 0 bridgehead atoms. The average Bonchev–Trinajstić information content (AvgIpc) is 3.12. The van der Waals surface area contributed by atoms with E-state index in [9.17, 15) is 8.42 Å². The van der Waals surface area contributed by atoms with E-state index in [0.29, 0.717) is 30.2 Å². The number of unbranched alkanes of at least 4 members (excludes halogenated alkanes) is 1. The van der Waals surface area contributed by atoms with Gasteiger partial charge in [-0.15, -0.1) is 0 Å². The minimum absolute atomic E-state index is 0.184. The van der Waals surface area contributed by atoms with Gasteiger partial charge in [0.05, 0.1) is 17.5 Å². The molecule has 0 radical (unpaired) electrons. The third kappa shape index (κ3) is 3.67. The number of hydrogen-bond donors (Lipinski definition) is 1. The van der Waals surface area contributed by atoms with Crippen molar-refractivity contribution in [1.82, 2.24) is 9.29 Å². The molecule has 1 atom stereocenters. The third-order valence-corrected chi connectivity index (χ3v) is 7.62. The van der Waals surface area contributed by atoms with Crippen LogP contribution in [0.2, 0.25) is 0 Å². The van der Waals surface area contributed by atoms with Crippen molar-refractivity contribution in [3.05, 3.63) is 59.8 Å². The first-order valence-corrected chi connectivity index (χ1v) is 11.8. The van der Waals surface area contributed by atoms with Gasteiger partial charge in [0.2, 0.25) is 10.0 Å². The van der Waals surface area contributed by atoms with Crippen molar-refractivity contribution >= 4 is 20.9 Å². The maximum absolute atomic E-state index is 13.4. The van der Waals surface area contributed by atoms with Crippen LogP contribution in [0.15, 0.2) is 53.4 Å². The van der Waals surface area contributed by atoms with Crippen LogP contribution >= 0.6 is 0 Å². The van der Waals surface area contributed by atoms with E-state index >= 15 is 0 Å². The summed E-state index contributed by atoms with van der Waals surface area (Å²) in [5, 5.41) is 1.20. The van der Waals surface area contributed by atoms with Gasteiger partial charge >= 0.3 is 0 Å². The third-order valence-electron chi connectivity index (χ3n) is 5.69. The Morgan fingerprint density at radius 3 is 2.59 bits per heavy atom. The first-order chi connectivity index (χ1) is 14.1. The van der Waals surface area contributed by atoms with Crippen LogP contribution in [0.3, 0.4) is 0 Å². The fourth-order valence-electron chi connectivity index (χ4n) is 4.17. The van der Waals surface area contributed by atoms with Crippen LogP contribution in [-0.2, 0) is 16.4 Å². The first kappa shape index (κ1) is 20.0. The molecule has 1 N–H and O–H groups in total. The molecule has 0 saturated heterocycles. The molecule has 1 unspecified atom stereocenters. The lowest BCUT2D eigenvalue weighted by Crippen LogP contribution is -2.39. The Morgan fingerprint density at radius 1 is 1.10 bits per heavy atom. The van der Waals surface area contributed by atoms with Crippen molar-refractivity contribution in [1.29, 1.82) is 0 Å². The average molecular weight is 413 g/mol. The molecule has 2 aromatic carbocycles. The van der Waals surface area contributed by atoms with E-state index in [0.717, 1.165) is 30.5 Å². The summed E-state index contributed by atoms with van der Waals surface area (Å²) in [7, 11) is -3.59. The molecule has 0 fully saturated rings. The van der Waals surface area contributed by atoms with E-state index in [1.54, 1.807) is 28.6 Å². The quantitative estimate of drug-likeness (QED) is 0.553. The van der Waals surface area contributed by atoms with Crippen LogP contribution in [0, 0.1) is 0 Å². The van der Waals surface area contributed by atoms with Crippen LogP contribution in [0.4, 0.5) is 0 Å². The van der Waals surface area contributed by atoms with E-state index < -0.39 is 10.0 Å². The standard InChI is InChI=1S/C23H28N2O3S/c1-3-5-16-28-17-10-12-18(13-11-17)29(26,27)25-15-14-20-19-8-6-7-9-21(19)24-23(20)22(25)4-2/h6-13,22,24H,3-5,14-16H2,1-2H3. The van der Waals surface area contributed by atoms with Crippen molar-refractivity contribution in [2.24, 2.45) is 0 Å². The van der Waals surface area contributed by atoms with Gasteiger partial charge in [0.1, 0.15) is 5.75 Å². The molecule has 154 valence electrons. The van der Waals surface area contributed by atoms with Crippen LogP contribution < -0.4 is 4.74 Å². The summed E-state index contributed by atoms with van der Waals surface area (Å²) < 4.78 is 34.2. The number of H-pyrrole nitrogens is 1. The number of aromatic nitrogens is 1. The Bertz CT molecular complexity index is 1090. The number of para-hydroxylation sites is 1. The van der Waals surface area contributed by atoms with Gasteiger partial charge in [0.15, 0.2) is 0 Å². The summed E-state index contributed by atoms with van der Waals surface area (Å²) >= 11 is 0. The number of aromatic amines is 1. The summed E-state index contributed by atoms with van der Waals surface area (Å²) in [5.74, 6) is 0.709. The van der Waals surface area contributed by atoms with Gasteiger partial charge in [-0.25, -0.2) is 8.42 Å². The number of hydrogen-bond acceptors (Lipinski definition) is 3. The lowest BCUT2D eigenvalue weighted by atomic mass is 9.98. The van der Waals surface area contributed by atoms with Crippen molar-refractivity contribution < 1.29 is 13.2 Å². The van der Waals surface area contributed by atoms with Crippen molar-refractivity contribution in [3.8, 4) is 5.75 Å². The molecule has 5 nitrogen and oxygen atoms in total. The number of fused-ring (bicyclic) bond motifs is 3. The smallest absolute Gasteiger partial charge is 0.243 e. The maximum Gasteiger partial charge on any atom is 0.243 e. The topological polar surface area (TPSA) is 62.4 Å². The second-order valence-electron chi connectivity index (χ2n) is 7.53. The zero-order valence-electron chi connectivity index (χ0n) is 17.0. The van der Waals surface area contributed by atoms with Gasteiger partial charge in [-0.1, -0.05) is 38.5 Å². The number of sulfonamides is 1. The molecule has 0 spiro atoms. The van der Waals surface area contributed by atoms with Gasteiger partial charge in [-0.05, 0) is 55.2 Å². The molecule has 1 aliphatic rings. The van der Waals surface area contributed by atoms with E-state index in [-0.39, 0.29) is 6.04 Å². The van der Waals surface area contributed by atoms with Crippen molar-refractivity contribution in [2.45, 2.75) is 50.5 Å². The van der Waals surface area contributed by atoms with Crippen LogP contribution in [0.1, 0.15) is 50.4 Å². The highest BCUT2D eigenvalue weighted by molar-refractivity contribution is 7.89. The lowest BCUT2D eigenvalue weighted by Gasteiger charge is -2.34. The Labute approximate surface area is 172 Å². The number of ether oxygens (including phenoxy) is 1. The van der Waals surface area contributed by atoms with E-state index in [2.05, 4.69) is 24.0 Å². The monoisotopic (exact) mass is 412 g/mol. The molecule has 4 rings (SSSR count). The molecule has 1 aliphatic heterocycles. The highest BCUT2D eigenvalue weighted by Gasteiger charge is 2.37. The SMILES string of the molecule is CCCCOc1ccc(S(=O)(=O)N2CCc3c([nH]c4ccccc34)C2CC)cc1. The van der Waals surface area contributed by atoms with Crippen LogP contribution in [-0.4, -0.2) is 30.9 Å². The largest absolute Gasteiger partial charge is 0.494 e. The molecule has 0 amide bonds. The molecule has 1 aromatic heterocycles. The molecule has 3 aromatic rings. The molecule has 2 heterocycles. The minimum atomic E-state index is -3.59. The fourth-order valence-corrected chi connectivity index (χ4v) is 5.84. The van der Waals surface area contributed by atoms with Crippen molar-refractivity contribution in [2.75, 3.05) is 13.2 Å². The zero-order chi connectivity index (χ0) is 20.4. The Kier molecular flexibility index (Phi) is 5.65. The summed E-state index contributed by atoms with van der Waals surface area (Å²) in [5.41, 5.74) is 3.35. The van der Waals surface area contributed by atoms with Gasteiger partial charge in [0.25, 0.3) is 0 Å².